The van der Waals surface area contributed by atoms with Crippen LogP contribution in [0.1, 0.15) is 18.4 Å². The van der Waals surface area contributed by atoms with Crippen molar-refractivity contribution in [2.75, 3.05) is 18.4 Å². The lowest BCUT2D eigenvalue weighted by molar-refractivity contribution is -0.132. The van der Waals surface area contributed by atoms with E-state index in [1.54, 1.807) is 0 Å². The lowest BCUT2D eigenvalue weighted by Crippen LogP contribution is -2.59. The molecule has 30 heavy (non-hydrogen) atoms. The van der Waals surface area contributed by atoms with E-state index in [4.69, 9.17) is 23.8 Å². The second kappa shape index (κ2) is 10.0. The van der Waals surface area contributed by atoms with Crippen LogP contribution in [-0.2, 0) is 10.5 Å². The van der Waals surface area contributed by atoms with Gasteiger partial charge in [-0.3, -0.25) is 20.5 Å². The lowest BCUT2D eigenvalue weighted by Gasteiger charge is -2.49. The van der Waals surface area contributed by atoms with Crippen LogP contribution >= 0.6 is 35.6 Å². The Morgan fingerprint density at radius 2 is 1.77 bits per heavy atom. The summed E-state index contributed by atoms with van der Waals surface area (Å²) in [6, 6.07) is 17.6. The summed E-state index contributed by atoms with van der Waals surface area (Å²) < 4.78 is 0. The molecule has 0 radical (unpaired) electrons. The van der Waals surface area contributed by atoms with E-state index < -0.39 is 0 Å². The number of thiocarbonyl (C=S) groups is 1. The van der Waals surface area contributed by atoms with Gasteiger partial charge in [0.15, 0.2) is 5.11 Å². The van der Waals surface area contributed by atoms with E-state index in [0.29, 0.717) is 11.0 Å². The molecule has 5 nitrogen and oxygen atoms in total. The van der Waals surface area contributed by atoms with Crippen LogP contribution in [0, 0.1) is 11.8 Å². The highest BCUT2D eigenvalue weighted by Gasteiger charge is 2.46. The maximum atomic E-state index is 13.1. The molecule has 3 saturated heterocycles. The molecule has 2 bridgehead atoms. The Morgan fingerprint density at radius 1 is 1.07 bits per heavy atom. The number of thioether (sulfide) groups is 1. The first-order valence-electron chi connectivity index (χ1n) is 10.1. The number of hydrazine groups is 1. The van der Waals surface area contributed by atoms with E-state index in [0.717, 1.165) is 42.4 Å². The maximum Gasteiger partial charge on any atom is 0.244 e. The van der Waals surface area contributed by atoms with E-state index in [9.17, 15) is 4.79 Å². The van der Waals surface area contributed by atoms with Gasteiger partial charge in [-0.1, -0.05) is 41.9 Å². The number of anilines is 1. The van der Waals surface area contributed by atoms with Crippen LogP contribution in [0.2, 0.25) is 5.02 Å². The summed E-state index contributed by atoms with van der Waals surface area (Å²) in [4.78, 5) is 15.5. The fraction of sp³-hybridized carbons (Fsp3) is 0.364. The Morgan fingerprint density at radius 3 is 2.47 bits per heavy atom. The van der Waals surface area contributed by atoms with Crippen LogP contribution in [-0.4, -0.2) is 34.4 Å². The molecule has 0 aliphatic carbocycles. The van der Waals surface area contributed by atoms with Crippen molar-refractivity contribution in [2.24, 2.45) is 11.8 Å². The number of piperidine rings is 3. The van der Waals surface area contributed by atoms with Gasteiger partial charge in [0.05, 0.1) is 11.3 Å². The van der Waals surface area contributed by atoms with Crippen LogP contribution in [0.3, 0.4) is 0 Å². The highest BCUT2D eigenvalue weighted by molar-refractivity contribution is 7.99. The number of hydrogen-bond acceptors (Lipinski definition) is 4. The number of carbonyl (C=O) groups excluding carboxylic acids is 1. The molecule has 2 aromatic rings. The Balaban J connectivity index is 1.35. The fourth-order valence-electron chi connectivity index (χ4n) is 4.19. The predicted octanol–water partition coefficient (Wildman–Crippen LogP) is 4.26. The Bertz CT molecular complexity index is 872. The number of fused-ring (bicyclic) bond motifs is 3. The quantitative estimate of drug-likeness (QED) is 0.458. The third-order valence-corrected chi connectivity index (χ3v) is 7.61. The molecule has 5 rings (SSSR count). The van der Waals surface area contributed by atoms with E-state index in [1.807, 2.05) is 54.2 Å². The van der Waals surface area contributed by atoms with Crippen molar-refractivity contribution in [1.82, 2.24) is 15.8 Å². The molecule has 3 N–H and O–H groups in total. The number of benzene rings is 2. The molecular weight excluding hydrogens is 436 g/mol. The first-order chi connectivity index (χ1) is 14.6. The molecule has 2 aromatic carbocycles. The minimum Gasteiger partial charge on any atom is -0.331 e. The molecule has 158 valence electrons. The van der Waals surface area contributed by atoms with Crippen LogP contribution < -0.4 is 16.2 Å². The van der Waals surface area contributed by atoms with Crippen LogP contribution in [0.25, 0.3) is 0 Å². The van der Waals surface area contributed by atoms with Gasteiger partial charge in [-0.25, -0.2) is 0 Å². The number of halogens is 1. The molecule has 0 saturated carbocycles. The second-order valence-electron chi connectivity index (χ2n) is 7.66. The largest absolute Gasteiger partial charge is 0.331 e. The van der Waals surface area contributed by atoms with Crippen LogP contribution in [0.4, 0.5) is 5.69 Å². The summed E-state index contributed by atoms with van der Waals surface area (Å²) >= 11 is 13.2. The third-order valence-electron chi connectivity index (χ3n) is 5.72. The van der Waals surface area contributed by atoms with Crippen molar-refractivity contribution in [3.05, 3.63) is 65.2 Å². The van der Waals surface area contributed by atoms with Gasteiger partial charge in [0.1, 0.15) is 0 Å². The summed E-state index contributed by atoms with van der Waals surface area (Å²) in [5.41, 5.74) is 7.81. The van der Waals surface area contributed by atoms with Crippen molar-refractivity contribution in [3.63, 3.8) is 0 Å². The molecule has 0 aromatic heterocycles. The third kappa shape index (κ3) is 5.27. The lowest BCUT2D eigenvalue weighted by atomic mass is 9.78. The number of rotatable bonds is 5. The molecule has 0 spiro atoms. The zero-order chi connectivity index (χ0) is 20.9. The molecular formula is C22H25ClN4OS2. The van der Waals surface area contributed by atoms with Crippen molar-refractivity contribution >= 4 is 52.3 Å². The number of amides is 1. The predicted molar refractivity (Wildman–Crippen MR) is 128 cm³/mol. The van der Waals surface area contributed by atoms with Gasteiger partial charge in [-0.15, -0.1) is 11.8 Å². The smallest absolute Gasteiger partial charge is 0.244 e. The highest BCUT2D eigenvalue weighted by atomic mass is 35.5. The summed E-state index contributed by atoms with van der Waals surface area (Å²) in [5.74, 6) is 1.22. The summed E-state index contributed by atoms with van der Waals surface area (Å²) in [7, 11) is 0. The van der Waals surface area contributed by atoms with E-state index >= 15 is 0 Å². The van der Waals surface area contributed by atoms with Gasteiger partial charge in [-0.05, 0) is 73.9 Å². The summed E-state index contributed by atoms with van der Waals surface area (Å²) in [6.45, 7) is 2.13. The average molecular weight is 461 g/mol. The van der Waals surface area contributed by atoms with E-state index in [-0.39, 0.29) is 17.2 Å². The van der Waals surface area contributed by atoms with Crippen molar-refractivity contribution < 1.29 is 4.79 Å². The molecule has 2 atom stereocenters. The maximum absolute atomic E-state index is 13.1. The van der Waals surface area contributed by atoms with Crippen molar-refractivity contribution in [1.29, 1.82) is 0 Å². The Hall–Kier alpha value is -1.80. The molecule has 3 aliphatic heterocycles. The Labute approximate surface area is 191 Å². The topological polar surface area (TPSA) is 56.4 Å². The van der Waals surface area contributed by atoms with E-state index in [1.165, 1.54) is 5.56 Å². The van der Waals surface area contributed by atoms with Gasteiger partial charge in [-0.2, -0.15) is 0 Å². The molecule has 8 heteroatoms. The van der Waals surface area contributed by atoms with E-state index in [2.05, 4.69) is 33.2 Å². The Kier molecular flexibility index (Phi) is 7.15. The first-order valence-corrected chi connectivity index (χ1v) is 12.0. The number of nitrogens with one attached hydrogen (secondary N) is 3. The average Bonchev–Trinajstić information content (AvgIpc) is 2.78. The normalized spacial score (nSPS) is 24.8. The number of hydrogen-bond donors (Lipinski definition) is 3. The van der Waals surface area contributed by atoms with Gasteiger partial charge < -0.3 is 5.32 Å². The van der Waals surface area contributed by atoms with Gasteiger partial charge in [0.2, 0.25) is 5.91 Å². The SMILES string of the molecule is O=C(NNC(=S)Nc1ccccc1)C1C2CCN(CC2)C1SCc1ccc(Cl)cc1. The standard InChI is InChI=1S/C22H25ClN4OS2/c23-17-8-6-15(7-9-17)14-30-21-19(16-10-12-27(21)13-11-16)20(28)25-26-22(29)24-18-4-2-1-3-5-18/h1-9,16,19,21H,10-14H2,(H,25,28)(H2,24,26,29). The van der Waals surface area contributed by atoms with Gasteiger partial charge >= 0.3 is 0 Å². The number of nitrogens with zero attached hydrogens (tertiary/aromatic N) is 1. The van der Waals surface area contributed by atoms with Gasteiger partial charge in [0, 0.05) is 16.5 Å². The van der Waals surface area contributed by atoms with Crippen molar-refractivity contribution in [3.8, 4) is 0 Å². The summed E-state index contributed by atoms with van der Waals surface area (Å²) in [6.07, 6.45) is 2.14. The minimum absolute atomic E-state index is 0.00946. The van der Waals surface area contributed by atoms with Crippen LogP contribution in [0.15, 0.2) is 54.6 Å². The minimum atomic E-state index is -0.0585. The number of para-hydroxylation sites is 1. The van der Waals surface area contributed by atoms with Crippen LogP contribution in [0.5, 0.6) is 0 Å². The first kappa shape index (κ1) is 21.4. The molecule has 3 aliphatic rings. The van der Waals surface area contributed by atoms with Crippen molar-refractivity contribution in [2.45, 2.75) is 24.0 Å². The zero-order valence-corrected chi connectivity index (χ0v) is 18.9. The molecule has 3 heterocycles. The fourth-order valence-corrected chi connectivity index (χ4v) is 6.02. The molecule has 3 fully saturated rings. The van der Waals surface area contributed by atoms with Gasteiger partial charge in [0.25, 0.3) is 0 Å². The monoisotopic (exact) mass is 460 g/mol. The highest BCUT2D eigenvalue weighted by Crippen LogP contribution is 2.42. The second-order valence-corrected chi connectivity index (χ2v) is 9.61. The molecule has 1 amide bonds. The number of carbonyl (C=O) groups is 1. The zero-order valence-electron chi connectivity index (χ0n) is 16.5. The molecule has 2 unspecified atom stereocenters. The summed E-state index contributed by atoms with van der Waals surface area (Å²) in [5, 5.41) is 4.37.